The molecule has 2 N–H and O–H groups in total. The molecule has 10 heteroatoms. The normalized spacial score (nSPS) is 19.6. The zero-order chi connectivity index (χ0) is 18.8. The molecule has 2 rings (SSSR count). The molecule has 1 aromatic rings. The van der Waals surface area contributed by atoms with Gasteiger partial charge in [-0.15, -0.1) is 0 Å². The van der Waals surface area contributed by atoms with Crippen LogP contribution in [0, 0.1) is 0 Å². The van der Waals surface area contributed by atoms with Gasteiger partial charge in [0.1, 0.15) is 0 Å². The molecule has 1 saturated heterocycles. The molecule has 0 aliphatic carbocycles. The molecule has 0 spiro atoms. The first kappa shape index (κ1) is 19.7. The number of amides is 1. The van der Waals surface area contributed by atoms with Gasteiger partial charge in [0.25, 0.3) is 0 Å². The van der Waals surface area contributed by atoms with Crippen molar-refractivity contribution in [3.05, 3.63) is 29.8 Å². The molecule has 1 aliphatic heterocycles. The number of hydrogen-bond donors (Lipinski definition) is 2. The average Bonchev–Trinajstić information content (AvgIpc) is 3.06. The molecule has 0 aromatic heterocycles. The van der Waals surface area contributed by atoms with Crippen molar-refractivity contribution in [2.75, 3.05) is 20.1 Å². The number of carbonyl (C=O) groups is 1. The lowest BCUT2D eigenvalue weighted by molar-refractivity contribution is -0.139. The number of nitrogens with one attached hydrogen (secondary N) is 2. The molecule has 0 saturated carbocycles. The van der Waals surface area contributed by atoms with Gasteiger partial charge in [-0.1, -0.05) is 12.1 Å². The lowest BCUT2D eigenvalue weighted by Crippen LogP contribution is -2.49. The van der Waals surface area contributed by atoms with Crippen LogP contribution in [0.4, 0.5) is 13.2 Å². The van der Waals surface area contributed by atoms with Crippen LogP contribution in [0.5, 0.6) is 0 Å². The number of rotatable bonds is 5. The standard InChI is InChI=1S/C15H20F3N3O3S/c1-10(14(22)21(2)11-7-8-19-9-11)20-25(23,24)13-6-4-3-5-12(13)15(16,17)18/h3-6,10-11,19-20H,7-9H2,1-2H3. The van der Waals surface area contributed by atoms with Crippen LogP contribution in [0.25, 0.3) is 0 Å². The molecular formula is C15H20F3N3O3S. The minimum Gasteiger partial charge on any atom is -0.340 e. The summed E-state index contributed by atoms with van der Waals surface area (Å²) in [5, 5.41) is 3.09. The highest BCUT2D eigenvalue weighted by atomic mass is 32.2. The topological polar surface area (TPSA) is 78.5 Å². The smallest absolute Gasteiger partial charge is 0.340 e. The van der Waals surface area contributed by atoms with E-state index in [9.17, 15) is 26.4 Å². The fourth-order valence-electron chi connectivity index (χ4n) is 2.74. The summed E-state index contributed by atoms with van der Waals surface area (Å²) in [7, 11) is -2.96. The molecule has 0 bridgehead atoms. The van der Waals surface area contributed by atoms with E-state index >= 15 is 0 Å². The average molecular weight is 379 g/mol. The van der Waals surface area contributed by atoms with Gasteiger partial charge in [-0.2, -0.15) is 17.9 Å². The number of nitrogens with zero attached hydrogens (tertiary/aromatic N) is 1. The molecule has 2 unspecified atom stereocenters. The number of hydrogen-bond acceptors (Lipinski definition) is 4. The van der Waals surface area contributed by atoms with E-state index in [-0.39, 0.29) is 6.04 Å². The molecule has 1 aromatic carbocycles. The third-order valence-electron chi connectivity index (χ3n) is 4.11. The summed E-state index contributed by atoms with van der Waals surface area (Å²) < 4.78 is 65.9. The first-order chi connectivity index (χ1) is 11.5. The van der Waals surface area contributed by atoms with E-state index in [1.807, 2.05) is 4.72 Å². The first-order valence-corrected chi connectivity index (χ1v) is 9.18. The summed E-state index contributed by atoms with van der Waals surface area (Å²) in [6.45, 7) is 2.66. The van der Waals surface area contributed by atoms with Gasteiger partial charge < -0.3 is 10.2 Å². The third-order valence-corrected chi connectivity index (χ3v) is 5.71. The quantitative estimate of drug-likeness (QED) is 0.806. The Morgan fingerprint density at radius 3 is 2.56 bits per heavy atom. The number of sulfonamides is 1. The Morgan fingerprint density at radius 2 is 2.00 bits per heavy atom. The van der Waals surface area contributed by atoms with Crippen LogP contribution >= 0.6 is 0 Å². The van der Waals surface area contributed by atoms with Crippen LogP contribution < -0.4 is 10.0 Å². The lowest BCUT2D eigenvalue weighted by Gasteiger charge is -2.27. The van der Waals surface area contributed by atoms with Gasteiger partial charge in [0.05, 0.1) is 16.5 Å². The van der Waals surface area contributed by atoms with Gasteiger partial charge in [0, 0.05) is 19.6 Å². The van der Waals surface area contributed by atoms with Crippen LogP contribution in [-0.2, 0) is 21.0 Å². The van der Waals surface area contributed by atoms with Crippen molar-refractivity contribution in [3.8, 4) is 0 Å². The summed E-state index contributed by atoms with van der Waals surface area (Å²) in [4.78, 5) is 12.9. The molecular weight excluding hydrogens is 359 g/mol. The van der Waals surface area contributed by atoms with Gasteiger partial charge in [0.15, 0.2) is 0 Å². The van der Waals surface area contributed by atoms with Crippen molar-refractivity contribution < 1.29 is 26.4 Å². The predicted octanol–water partition coefficient (Wildman–Crippen LogP) is 1.19. The Bertz CT molecular complexity index is 731. The van der Waals surface area contributed by atoms with Gasteiger partial charge in [-0.25, -0.2) is 8.42 Å². The number of halogens is 3. The Hall–Kier alpha value is -1.65. The van der Waals surface area contributed by atoms with Crippen molar-refractivity contribution in [2.45, 2.75) is 36.5 Å². The van der Waals surface area contributed by atoms with Crippen LogP contribution in [-0.4, -0.2) is 51.4 Å². The van der Waals surface area contributed by atoms with Crippen molar-refractivity contribution in [2.24, 2.45) is 0 Å². The maximum atomic E-state index is 13.0. The summed E-state index contributed by atoms with van der Waals surface area (Å²) in [5.74, 6) is -0.498. The van der Waals surface area contributed by atoms with Gasteiger partial charge in [0.2, 0.25) is 15.9 Å². The largest absolute Gasteiger partial charge is 0.417 e. The van der Waals surface area contributed by atoms with Gasteiger partial charge >= 0.3 is 6.18 Å². The summed E-state index contributed by atoms with van der Waals surface area (Å²) in [6, 6.07) is 2.62. The van der Waals surface area contributed by atoms with Gasteiger partial charge in [-0.3, -0.25) is 4.79 Å². The molecule has 0 radical (unpaired) electrons. The maximum Gasteiger partial charge on any atom is 0.417 e. The fourth-order valence-corrected chi connectivity index (χ4v) is 4.16. The summed E-state index contributed by atoms with van der Waals surface area (Å²) in [6.07, 6.45) is -4.08. The van der Waals surface area contributed by atoms with Crippen molar-refractivity contribution >= 4 is 15.9 Å². The van der Waals surface area contributed by atoms with E-state index in [0.29, 0.717) is 12.6 Å². The molecule has 25 heavy (non-hydrogen) atoms. The second-order valence-corrected chi connectivity index (χ2v) is 7.62. The van der Waals surface area contributed by atoms with Crippen molar-refractivity contribution in [3.63, 3.8) is 0 Å². The van der Waals surface area contributed by atoms with E-state index < -0.39 is 38.6 Å². The zero-order valence-corrected chi connectivity index (χ0v) is 14.6. The highest BCUT2D eigenvalue weighted by Gasteiger charge is 2.38. The molecule has 2 atom stereocenters. The summed E-state index contributed by atoms with van der Waals surface area (Å²) in [5.41, 5.74) is -1.27. The summed E-state index contributed by atoms with van der Waals surface area (Å²) >= 11 is 0. The molecule has 1 aliphatic rings. The monoisotopic (exact) mass is 379 g/mol. The second kappa shape index (κ2) is 7.30. The number of likely N-dealkylation sites (N-methyl/N-ethyl adjacent to an activating group) is 1. The Balaban J connectivity index is 2.20. The first-order valence-electron chi connectivity index (χ1n) is 7.70. The Kier molecular flexibility index (Phi) is 5.75. The molecule has 1 heterocycles. The molecule has 1 amide bonds. The van der Waals surface area contributed by atoms with E-state index in [1.54, 1.807) is 7.05 Å². The Labute approximate surface area is 144 Å². The fraction of sp³-hybridized carbons (Fsp3) is 0.533. The van der Waals surface area contributed by atoms with Crippen LogP contribution in [0.2, 0.25) is 0 Å². The van der Waals surface area contributed by atoms with Crippen LogP contribution in [0.1, 0.15) is 18.9 Å². The van der Waals surface area contributed by atoms with E-state index in [1.165, 1.54) is 17.9 Å². The van der Waals surface area contributed by atoms with E-state index in [2.05, 4.69) is 5.32 Å². The molecule has 6 nitrogen and oxygen atoms in total. The van der Waals surface area contributed by atoms with E-state index in [4.69, 9.17) is 0 Å². The Morgan fingerprint density at radius 1 is 1.36 bits per heavy atom. The maximum absolute atomic E-state index is 13.0. The highest BCUT2D eigenvalue weighted by molar-refractivity contribution is 7.89. The third kappa shape index (κ3) is 4.50. The minimum atomic E-state index is -4.81. The van der Waals surface area contributed by atoms with E-state index in [0.717, 1.165) is 25.1 Å². The highest BCUT2D eigenvalue weighted by Crippen LogP contribution is 2.33. The number of alkyl halides is 3. The van der Waals surface area contributed by atoms with Crippen molar-refractivity contribution in [1.29, 1.82) is 0 Å². The van der Waals surface area contributed by atoms with Gasteiger partial charge in [-0.05, 0) is 32.0 Å². The minimum absolute atomic E-state index is 0.0677. The second-order valence-electron chi connectivity index (χ2n) is 5.93. The predicted molar refractivity (Wildman–Crippen MR) is 85.3 cm³/mol. The number of carbonyl (C=O) groups excluding carboxylic acids is 1. The SMILES string of the molecule is CC(NS(=O)(=O)c1ccccc1C(F)(F)F)C(=O)N(C)C1CCNC1. The molecule has 140 valence electrons. The van der Waals surface area contributed by atoms with Crippen LogP contribution in [0.3, 0.4) is 0 Å². The van der Waals surface area contributed by atoms with Crippen molar-refractivity contribution in [1.82, 2.24) is 14.9 Å². The lowest BCUT2D eigenvalue weighted by atomic mass is 10.2. The zero-order valence-electron chi connectivity index (χ0n) is 13.8. The number of benzene rings is 1. The molecule has 1 fully saturated rings. The van der Waals surface area contributed by atoms with Crippen LogP contribution in [0.15, 0.2) is 29.2 Å².